The Morgan fingerprint density at radius 3 is 2.50 bits per heavy atom. The van der Waals surface area contributed by atoms with E-state index >= 15 is 0 Å². The average molecular weight is 406 g/mol. The number of methoxy groups -OCH3 is 1. The van der Waals surface area contributed by atoms with Crippen molar-refractivity contribution in [3.63, 3.8) is 0 Å². The number of carbonyl (C=O) groups excluding carboxylic acids is 1. The number of amides is 1. The summed E-state index contributed by atoms with van der Waals surface area (Å²) in [6.45, 7) is 5.27. The van der Waals surface area contributed by atoms with Gasteiger partial charge in [-0.25, -0.2) is 4.79 Å². The first-order valence-electron chi connectivity index (χ1n) is 9.07. The van der Waals surface area contributed by atoms with E-state index in [1.54, 1.807) is 7.11 Å². The van der Waals surface area contributed by atoms with Gasteiger partial charge < -0.3 is 19.2 Å². The van der Waals surface area contributed by atoms with E-state index in [2.05, 4.69) is 17.9 Å². The van der Waals surface area contributed by atoms with Gasteiger partial charge in [0.1, 0.15) is 11.5 Å². The van der Waals surface area contributed by atoms with Crippen LogP contribution in [0.25, 0.3) is 0 Å². The van der Waals surface area contributed by atoms with Crippen molar-refractivity contribution >= 4 is 11.9 Å². The Hall–Kier alpha value is -2.07. The van der Waals surface area contributed by atoms with Crippen molar-refractivity contribution in [3.8, 4) is 0 Å². The van der Waals surface area contributed by atoms with Gasteiger partial charge in [0.25, 0.3) is 0 Å². The summed E-state index contributed by atoms with van der Waals surface area (Å²) in [4.78, 5) is 25.5. The number of carboxylic acid groups (broad SMARTS) is 1. The molecule has 1 aromatic rings. The molecular formula is C18H25F3N2O5. The molecule has 3 heterocycles. The molecule has 158 valence electrons. The highest BCUT2D eigenvalue weighted by Crippen LogP contribution is 2.33. The summed E-state index contributed by atoms with van der Waals surface area (Å²) in [6, 6.07) is 4.80. The summed E-state index contributed by atoms with van der Waals surface area (Å²) in [5.74, 6) is -0.451. The molecule has 2 fully saturated rings. The first-order valence-corrected chi connectivity index (χ1v) is 9.07. The monoisotopic (exact) mass is 406 g/mol. The first-order chi connectivity index (χ1) is 13.2. The molecule has 28 heavy (non-hydrogen) atoms. The fourth-order valence-electron chi connectivity index (χ4n) is 3.58. The minimum atomic E-state index is -5.08. The number of carboxylic acids is 1. The average Bonchev–Trinajstić information content (AvgIpc) is 3.30. The molecule has 7 nitrogen and oxygen atoms in total. The number of halogens is 3. The van der Waals surface area contributed by atoms with E-state index in [-0.39, 0.29) is 5.91 Å². The molecule has 1 aromatic heterocycles. The highest BCUT2D eigenvalue weighted by molar-refractivity contribution is 5.80. The van der Waals surface area contributed by atoms with Gasteiger partial charge in [-0.3, -0.25) is 9.69 Å². The number of hydrogen-bond acceptors (Lipinski definition) is 5. The molecule has 2 aliphatic rings. The molecule has 1 N–H and O–H groups in total. The van der Waals surface area contributed by atoms with E-state index in [9.17, 15) is 18.0 Å². The largest absolute Gasteiger partial charge is 0.490 e. The van der Waals surface area contributed by atoms with Crippen molar-refractivity contribution in [2.75, 3.05) is 26.8 Å². The molecule has 0 bridgehead atoms. The lowest BCUT2D eigenvalue weighted by Gasteiger charge is -2.24. The maximum Gasteiger partial charge on any atom is 0.490 e. The molecule has 0 spiro atoms. The number of alkyl halides is 3. The van der Waals surface area contributed by atoms with Crippen molar-refractivity contribution in [1.82, 2.24) is 9.80 Å². The number of aryl methyl sites for hydroxylation is 1. The summed E-state index contributed by atoms with van der Waals surface area (Å²) in [7, 11) is 1.68. The molecule has 3 rings (SSSR count). The van der Waals surface area contributed by atoms with Crippen molar-refractivity contribution < 1.29 is 37.0 Å². The fourth-order valence-corrected chi connectivity index (χ4v) is 3.58. The lowest BCUT2D eigenvalue weighted by molar-refractivity contribution is -0.192. The molecule has 0 radical (unpaired) electrons. The number of ether oxygens (including phenoxy) is 1. The molecule has 2 atom stereocenters. The van der Waals surface area contributed by atoms with Crippen LogP contribution in [0.3, 0.4) is 0 Å². The van der Waals surface area contributed by atoms with Gasteiger partial charge in [-0.15, -0.1) is 0 Å². The summed E-state index contributed by atoms with van der Waals surface area (Å²) in [5, 5.41) is 7.12. The van der Waals surface area contributed by atoms with Gasteiger partial charge in [-0.1, -0.05) is 6.92 Å². The van der Waals surface area contributed by atoms with Crippen LogP contribution in [0, 0.1) is 0 Å². The van der Waals surface area contributed by atoms with E-state index in [1.807, 2.05) is 11.0 Å². The van der Waals surface area contributed by atoms with Crippen LogP contribution in [0.4, 0.5) is 13.2 Å². The van der Waals surface area contributed by atoms with Crippen molar-refractivity contribution in [1.29, 1.82) is 0 Å². The van der Waals surface area contributed by atoms with Crippen LogP contribution in [-0.4, -0.2) is 71.8 Å². The Bertz CT molecular complexity index is 676. The topological polar surface area (TPSA) is 83.2 Å². The van der Waals surface area contributed by atoms with Crippen molar-refractivity contribution in [2.45, 2.75) is 51.0 Å². The predicted octanol–water partition coefficient (Wildman–Crippen LogP) is 2.30. The second-order valence-electron chi connectivity index (χ2n) is 6.70. The quantitative estimate of drug-likeness (QED) is 0.781. The molecule has 0 unspecified atom stereocenters. The summed E-state index contributed by atoms with van der Waals surface area (Å²) in [6.07, 6.45) is -2.47. The minimum Gasteiger partial charge on any atom is -0.475 e. The number of rotatable bonds is 6. The zero-order valence-electron chi connectivity index (χ0n) is 15.9. The Morgan fingerprint density at radius 2 is 1.96 bits per heavy atom. The number of nitrogens with zero attached hydrogens (tertiary/aromatic N) is 2. The summed E-state index contributed by atoms with van der Waals surface area (Å²) >= 11 is 0. The van der Waals surface area contributed by atoms with E-state index < -0.39 is 12.1 Å². The zero-order chi connectivity index (χ0) is 20.9. The molecule has 0 aromatic carbocycles. The number of likely N-dealkylation sites (tertiary alicyclic amines) is 2. The Labute approximate surface area is 161 Å². The highest BCUT2D eigenvalue weighted by atomic mass is 19.4. The van der Waals surface area contributed by atoms with Crippen LogP contribution in [0.2, 0.25) is 0 Å². The molecule has 1 amide bonds. The number of furan rings is 1. The van der Waals surface area contributed by atoms with Gasteiger partial charge in [-0.05, 0) is 18.6 Å². The number of aliphatic carboxylic acids is 1. The maximum absolute atomic E-state index is 12.2. The number of fused-ring (bicyclic) bond motifs is 1. The van der Waals surface area contributed by atoms with Crippen molar-refractivity contribution in [2.24, 2.45) is 0 Å². The lowest BCUT2D eigenvalue weighted by Crippen LogP contribution is -2.38. The van der Waals surface area contributed by atoms with Crippen LogP contribution in [-0.2, 0) is 27.3 Å². The van der Waals surface area contributed by atoms with Gasteiger partial charge in [0.05, 0.1) is 13.2 Å². The molecule has 2 saturated heterocycles. The predicted molar refractivity (Wildman–Crippen MR) is 92.6 cm³/mol. The highest BCUT2D eigenvalue weighted by Gasteiger charge is 2.46. The van der Waals surface area contributed by atoms with E-state index in [4.69, 9.17) is 19.1 Å². The van der Waals surface area contributed by atoms with E-state index in [1.165, 1.54) is 0 Å². The van der Waals surface area contributed by atoms with E-state index in [0.717, 1.165) is 37.5 Å². The Balaban J connectivity index is 0.000000345. The molecule has 0 aliphatic carbocycles. The van der Waals surface area contributed by atoms with Gasteiger partial charge >= 0.3 is 12.1 Å². The molecule has 10 heteroatoms. The Kier molecular flexibility index (Phi) is 7.48. The molecular weight excluding hydrogens is 381 g/mol. The lowest BCUT2D eigenvalue weighted by atomic mass is 10.1. The van der Waals surface area contributed by atoms with Crippen LogP contribution in [0.5, 0.6) is 0 Å². The minimum absolute atomic E-state index is 0.264. The van der Waals surface area contributed by atoms with Crippen LogP contribution in [0.15, 0.2) is 16.5 Å². The van der Waals surface area contributed by atoms with Crippen LogP contribution in [0.1, 0.15) is 31.3 Å². The third-order valence-corrected chi connectivity index (χ3v) is 4.93. The molecule has 2 aliphatic heterocycles. The fraction of sp³-hybridized carbons (Fsp3) is 0.667. The second-order valence-corrected chi connectivity index (χ2v) is 6.70. The van der Waals surface area contributed by atoms with Crippen molar-refractivity contribution in [3.05, 3.63) is 23.7 Å². The Morgan fingerprint density at radius 1 is 1.32 bits per heavy atom. The first kappa shape index (κ1) is 22.2. The molecule has 0 saturated carbocycles. The number of hydrogen-bond donors (Lipinski definition) is 1. The summed E-state index contributed by atoms with van der Waals surface area (Å²) < 4.78 is 42.7. The normalized spacial score (nSPS) is 22.2. The van der Waals surface area contributed by atoms with Gasteiger partial charge in [0.2, 0.25) is 5.91 Å². The van der Waals surface area contributed by atoms with E-state index in [0.29, 0.717) is 31.7 Å². The van der Waals surface area contributed by atoms with Gasteiger partial charge in [0, 0.05) is 45.1 Å². The third-order valence-electron chi connectivity index (χ3n) is 4.93. The second kappa shape index (κ2) is 9.42. The summed E-state index contributed by atoms with van der Waals surface area (Å²) in [5.41, 5.74) is 0. The smallest absolute Gasteiger partial charge is 0.475 e. The third kappa shape index (κ3) is 5.48. The van der Waals surface area contributed by atoms with Crippen LogP contribution >= 0.6 is 0 Å². The zero-order valence-corrected chi connectivity index (χ0v) is 15.9. The maximum atomic E-state index is 12.2. The SMILES string of the molecule is CCc1ccc(CN2CC[C@@H]3[C@@H]2CC(=O)N3CCOC)o1.O=C(O)C(F)(F)F. The number of carbonyl (C=O) groups is 2. The van der Waals surface area contributed by atoms with Gasteiger partial charge in [0.15, 0.2) is 0 Å². The standard InChI is InChI=1S/C16H24N2O3.C2HF3O2/c1-3-12-4-5-13(21-12)11-17-7-6-14-15(17)10-16(19)18(14)8-9-20-2;3-2(4,5)1(6)7/h4-5,14-15H,3,6-11H2,1-2H3;(H,6,7)/t14-,15+;/m1./s1. The van der Waals surface area contributed by atoms with Gasteiger partial charge in [-0.2, -0.15) is 13.2 Å². The van der Waals surface area contributed by atoms with Crippen LogP contribution < -0.4 is 0 Å².